The molecule has 0 unspecified atom stereocenters. The molecular weight excluding hydrogens is 370 g/mol. The monoisotopic (exact) mass is 392 g/mol. The van der Waals surface area contributed by atoms with Crippen molar-refractivity contribution in [1.82, 2.24) is 0 Å². The molecule has 2 aliphatic heterocycles. The third kappa shape index (κ3) is 2.95. The molecule has 6 heteroatoms. The Balaban J connectivity index is 1.66. The summed E-state index contributed by atoms with van der Waals surface area (Å²) in [6.07, 6.45) is 4.06. The summed E-state index contributed by atoms with van der Waals surface area (Å²) < 4.78 is 24.5. The molecule has 1 aromatic heterocycles. The first-order chi connectivity index (χ1) is 14.2. The molecule has 0 saturated heterocycles. The second-order valence-corrected chi connectivity index (χ2v) is 7.29. The highest BCUT2D eigenvalue weighted by Gasteiger charge is 2.29. The van der Waals surface area contributed by atoms with Crippen LogP contribution in [0.25, 0.3) is 22.0 Å². The lowest BCUT2D eigenvalue weighted by molar-refractivity contribution is -0.686. The lowest BCUT2D eigenvalue weighted by atomic mass is 9.95. The lowest BCUT2D eigenvalue weighted by Gasteiger charge is -2.17. The van der Waals surface area contributed by atoms with Crippen LogP contribution in [0.3, 0.4) is 0 Å². The number of hydrogen-bond donors (Lipinski definition) is 0. The molecule has 3 heterocycles. The van der Waals surface area contributed by atoms with Crippen LogP contribution in [0.5, 0.6) is 23.0 Å². The summed E-state index contributed by atoms with van der Waals surface area (Å²) in [6, 6.07) is 10.1. The Bertz CT molecular complexity index is 1140. The van der Waals surface area contributed by atoms with Crippen molar-refractivity contribution < 1.29 is 28.3 Å². The number of methoxy groups -OCH3 is 1. The van der Waals surface area contributed by atoms with Gasteiger partial charge in [0, 0.05) is 18.9 Å². The molecule has 2 aliphatic rings. The van der Waals surface area contributed by atoms with E-state index in [2.05, 4.69) is 29.0 Å². The average molecular weight is 392 g/mol. The molecule has 0 N–H and O–H groups in total. The minimum absolute atomic E-state index is 0.251. The second-order valence-electron chi connectivity index (χ2n) is 7.29. The Hall–Kier alpha value is -3.28. The van der Waals surface area contributed by atoms with Crippen LogP contribution < -0.4 is 23.5 Å². The molecule has 0 saturated carbocycles. The van der Waals surface area contributed by atoms with Crippen LogP contribution in [0.15, 0.2) is 36.5 Å². The predicted octanol–water partition coefficient (Wildman–Crippen LogP) is 3.79. The van der Waals surface area contributed by atoms with E-state index in [4.69, 9.17) is 18.9 Å². The molecule has 0 amide bonds. The fourth-order valence-corrected chi connectivity index (χ4v) is 4.03. The second kappa shape index (κ2) is 6.95. The van der Waals surface area contributed by atoms with Gasteiger partial charge in [0.15, 0.2) is 35.7 Å². The van der Waals surface area contributed by atoms with Gasteiger partial charge in [0.25, 0.3) is 0 Å². The van der Waals surface area contributed by atoms with E-state index < -0.39 is 0 Å². The van der Waals surface area contributed by atoms with Gasteiger partial charge in [-0.2, -0.15) is 4.57 Å². The summed E-state index contributed by atoms with van der Waals surface area (Å²) in [5.41, 5.74) is 3.49. The first-order valence-electron chi connectivity index (χ1n) is 9.85. The number of ether oxygens (including phenoxy) is 4. The molecule has 0 radical (unpaired) electrons. The van der Waals surface area contributed by atoms with Gasteiger partial charge in [-0.15, -0.1) is 0 Å². The number of aryl methyl sites for hydroxylation is 2. The number of nitrogens with zero attached hydrogens (tertiary/aromatic N) is 1. The fraction of sp³-hybridized carbons (Fsp3) is 0.304. The zero-order chi connectivity index (χ0) is 20.0. The number of carbonyl (C=O) groups is 1. The van der Waals surface area contributed by atoms with Crippen LogP contribution in [0.1, 0.15) is 25.3 Å². The maximum atomic E-state index is 12.2. The molecule has 3 aromatic rings. The van der Waals surface area contributed by atoms with Crippen molar-refractivity contribution in [3.63, 3.8) is 0 Å². The van der Waals surface area contributed by atoms with Gasteiger partial charge >= 0.3 is 5.97 Å². The zero-order valence-corrected chi connectivity index (χ0v) is 16.5. The van der Waals surface area contributed by atoms with E-state index in [1.54, 1.807) is 7.11 Å². The van der Waals surface area contributed by atoms with Crippen molar-refractivity contribution in [3.05, 3.63) is 42.1 Å². The van der Waals surface area contributed by atoms with Crippen LogP contribution in [0.4, 0.5) is 0 Å². The SMILES string of the molecule is CCCC(=O)Oc1c(OC)ccc2cc3[n+](cc12)CCc1cc2c(cc1-3)OCO2. The van der Waals surface area contributed by atoms with Crippen LogP contribution in [0, 0.1) is 0 Å². The summed E-state index contributed by atoms with van der Waals surface area (Å²) in [5.74, 6) is 2.38. The van der Waals surface area contributed by atoms with Gasteiger partial charge in [-0.3, -0.25) is 4.79 Å². The molecular formula is C23H22NO5+. The maximum Gasteiger partial charge on any atom is 0.311 e. The van der Waals surface area contributed by atoms with Gasteiger partial charge in [-0.05, 0) is 41.6 Å². The van der Waals surface area contributed by atoms with E-state index in [9.17, 15) is 4.79 Å². The van der Waals surface area contributed by atoms with Gasteiger partial charge in [0.05, 0.1) is 18.1 Å². The number of benzene rings is 2. The molecule has 148 valence electrons. The van der Waals surface area contributed by atoms with E-state index in [0.29, 0.717) is 17.9 Å². The molecule has 6 nitrogen and oxygen atoms in total. The molecule has 0 aliphatic carbocycles. The minimum Gasteiger partial charge on any atom is -0.493 e. The van der Waals surface area contributed by atoms with Crippen molar-refractivity contribution >= 4 is 16.7 Å². The molecule has 0 atom stereocenters. The summed E-state index contributed by atoms with van der Waals surface area (Å²) in [7, 11) is 1.59. The molecule has 29 heavy (non-hydrogen) atoms. The Kier molecular flexibility index (Phi) is 4.27. The Morgan fingerprint density at radius 2 is 2.00 bits per heavy atom. The van der Waals surface area contributed by atoms with Crippen molar-refractivity contribution in [2.24, 2.45) is 0 Å². The number of carbonyl (C=O) groups excluding carboxylic acids is 1. The zero-order valence-electron chi connectivity index (χ0n) is 16.5. The highest BCUT2D eigenvalue weighted by atomic mass is 16.7. The van der Waals surface area contributed by atoms with E-state index in [0.717, 1.165) is 52.9 Å². The number of rotatable bonds is 4. The highest BCUT2D eigenvalue weighted by molar-refractivity contribution is 5.93. The van der Waals surface area contributed by atoms with Crippen molar-refractivity contribution in [2.75, 3.05) is 13.9 Å². The van der Waals surface area contributed by atoms with E-state index >= 15 is 0 Å². The van der Waals surface area contributed by atoms with Crippen molar-refractivity contribution in [2.45, 2.75) is 32.7 Å². The normalized spacial score (nSPS) is 13.7. The number of hydrogen-bond acceptors (Lipinski definition) is 5. The minimum atomic E-state index is -0.251. The van der Waals surface area contributed by atoms with E-state index in [1.165, 1.54) is 5.56 Å². The van der Waals surface area contributed by atoms with Crippen molar-refractivity contribution in [3.8, 4) is 34.3 Å². The summed E-state index contributed by atoms with van der Waals surface area (Å²) >= 11 is 0. The van der Waals surface area contributed by atoms with Gasteiger partial charge in [0.2, 0.25) is 12.5 Å². The van der Waals surface area contributed by atoms with Gasteiger partial charge in [0.1, 0.15) is 0 Å². The van der Waals surface area contributed by atoms with Crippen LogP contribution >= 0.6 is 0 Å². The van der Waals surface area contributed by atoms with E-state index in [1.807, 2.05) is 19.1 Å². The molecule has 0 fully saturated rings. The van der Waals surface area contributed by atoms with Gasteiger partial charge in [-0.25, -0.2) is 0 Å². The summed E-state index contributed by atoms with van der Waals surface area (Å²) in [6.45, 7) is 3.05. The third-order valence-electron chi connectivity index (χ3n) is 5.47. The van der Waals surface area contributed by atoms with Crippen LogP contribution in [-0.4, -0.2) is 19.9 Å². The first-order valence-corrected chi connectivity index (χ1v) is 9.85. The standard InChI is InChI=1S/C23H22NO5/c1-3-4-22(25)29-23-17-12-24-8-7-15-10-20-21(28-13-27-20)11-16(15)18(24)9-14(17)5-6-19(23)26-2/h5-6,9-12H,3-4,7-8,13H2,1-2H3/q+1. The van der Waals surface area contributed by atoms with Gasteiger partial charge < -0.3 is 18.9 Å². The fourth-order valence-electron chi connectivity index (χ4n) is 4.03. The average Bonchev–Trinajstić information content (AvgIpc) is 3.19. The Morgan fingerprint density at radius 1 is 1.17 bits per heavy atom. The predicted molar refractivity (Wildman–Crippen MR) is 107 cm³/mol. The number of esters is 1. The highest BCUT2D eigenvalue weighted by Crippen LogP contribution is 2.41. The maximum absolute atomic E-state index is 12.2. The smallest absolute Gasteiger partial charge is 0.311 e. The van der Waals surface area contributed by atoms with Crippen molar-refractivity contribution in [1.29, 1.82) is 0 Å². The lowest BCUT2D eigenvalue weighted by Crippen LogP contribution is -2.40. The van der Waals surface area contributed by atoms with E-state index in [-0.39, 0.29) is 12.8 Å². The van der Waals surface area contributed by atoms with Crippen LogP contribution in [-0.2, 0) is 17.8 Å². The number of aromatic nitrogens is 1. The Labute approximate surface area is 168 Å². The molecule has 0 spiro atoms. The quantitative estimate of drug-likeness (QED) is 0.384. The first kappa shape index (κ1) is 17.8. The molecule has 2 aromatic carbocycles. The topological polar surface area (TPSA) is 57.9 Å². The summed E-state index contributed by atoms with van der Waals surface area (Å²) in [4.78, 5) is 12.2. The Morgan fingerprint density at radius 3 is 2.79 bits per heavy atom. The molecule has 0 bridgehead atoms. The van der Waals surface area contributed by atoms with Gasteiger partial charge in [-0.1, -0.05) is 6.92 Å². The molecule has 5 rings (SSSR count). The van der Waals surface area contributed by atoms with Crippen LogP contribution in [0.2, 0.25) is 0 Å². The third-order valence-corrected chi connectivity index (χ3v) is 5.47. The number of fused-ring (bicyclic) bond motifs is 5. The number of pyridine rings is 1. The summed E-state index contributed by atoms with van der Waals surface area (Å²) in [5, 5.41) is 1.85. The largest absolute Gasteiger partial charge is 0.493 e.